The standard InChI is InChI=1S/C68H88N4O8S2/c1-3-41-25-46-29-61(77)63(80-64-30-47(26-49-16-10-23-70-49)51-21-24-71-67(69)58(51)39-82-81-38-48(36-73)66(64)79)32-54(46)56-31-62(78)65-45(28-53(41)56)20-22-68(33-50(18-19-60(65)76)72-35-40(2)75)34-57(43-12-5-4-6-13-43)55-27-44-14-8-7-11-42(44)15-9-17-52(55)59(68)37-74/h4-8,10-14,16,21,23,28-29,32,40-41,45,47-48,50,52,55-57,59-60,62,64-66,70-79H,3,9,15,17-19,24-27,30-31,33-39,69H2,1-2H3. The average molecular weight is 1150 g/mol. The highest BCUT2D eigenvalue weighted by molar-refractivity contribution is 8.76. The van der Waals surface area contributed by atoms with E-state index in [2.05, 4.69) is 107 Å². The summed E-state index contributed by atoms with van der Waals surface area (Å²) in [6, 6.07) is 27.6. The molecule has 82 heavy (non-hydrogen) atoms. The second kappa shape index (κ2) is 26.3. The van der Waals surface area contributed by atoms with Gasteiger partial charge in [-0.25, -0.2) is 0 Å². The molecule has 2 aliphatic heterocycles. The summed E-state index contributed by atoms with van der Waals surface area (Å²) < 4.78 is 7.01. The molecule has 0 bridgehead atoms. The monoisotopic (exact) mass is 1150 g/mol. The van der Waals surface area contributed by atoms with Crippen molar-refractivity contribution in [1.82, 2.24) is 15.6 Å². The zero-order chi connectivity index (χ0) is 57.1. The average Bonchev–Trinajstić information content (AvgIpc) is 2.50. The molecule has 7 aliphatic rings. The van der Waals surface area contributed by atoms with Crippen LogP contribution in [0.4, 0.5) is 0 Å². The van der Waals surface area contributed by atoms with Crippen LogP contribution in [0.1, 0.15) is 117 Å². The Bertz CT molecular complexity index is 2980. The van der Waals surface area contributed by atoms with Crippen LogP contribution in [0, 0.1) is 64.6 Å². The van der Waals surface area contributed by atoms with Crippen molar-refractivity contribution < 1.29 is 40.5 Å². The molecule has 4 aromatic rings. The number of fused-ring (bicyclic) bond motifs is 7. The lowest BCUT2D eigenvalue weighted by Gasteiger charge is -2.54. The Balaban J connectivity index is 0.989. The fourth-order valence-corrected chi connectivity index (χ4v) is 18.7. The van der Waals surface area contributed by atoms with Crippen LogP contribution in [-0.2, 0) is 25.7 Å². The zero-order valence-corrected chi connectivity index (χ0v) is 49.5. The molecule has 2 fully saturated rings. The molecular weight excluding hydrogens is 1060 g/mol. The third-order valence-electron chi connectivity index (χ3n) is 20.4. The number of nitrogens with two attached hydrogens (primary N) is 1. The normalized spacial score (nSPS) is 34.5. The number of phenolic OH excluding ortho intramolecular Hbond substituents is 1. The van der Waals surface area contributed by atoms with Gasteiger partial charge in [0.2, 0.25) is 0 Å². The summed E-state index contributed by atoms with van der Waals surface area (Å²) >= 11 is 0. The number of hydrogen-bond donors (Lipinski definition) is 11. The van der Waals surface area contributed by atoms with E-state index in [1.807, 2.05) is 24.4 Å². The SMILES string of the molecule is CCC1Cc2cc(O)c(OC3CC(Cc4ccc[nH]4)C4=CCNC(N)=C4CSSCC(CO)C3O)cc2C2CC(O)C3C(C#CC4(CC(NCC(C)O)CCC3O)CC(c3ccccc3)C3Cc5ccccc5CCCC3C4CO)C=C12. The first-order valence-electron chi connectivity index (χ1n) is 30.7. The van der Waals surface area contributed by atoms with Gasteiger partial charge in [-0.1, -0.05) is 113 Å². The van der Waals surface area contributed by atoms with Crippen LogP contribution in [0.25, 0.3) is 0 Å². The molecule has 14 heteroatoms. The van der Waals surface area contributed by atoms with Crippen LogP contribution in [-0.4, -0.2) is 115 Å². The molecule has 11 rings (SSSR count). The predicted molar refractivity (Wildman–Crippen MR) is 328 cm³/mol. The summed E-state index contributed by atoms with van der Waals surface area (Å²) in [6.45, 7) is 4.71. The van der Waals surface area contributed by atoms with Gasteiger partial charge in [-0.3, -0.25) is 0 Å². The summed E-state index contributed by atoms with van der Waals surface area (Å²) in [5, 5.41) is 90.5. The van der Waals surface area contributed by atoms with Crippen molar-refractivity contribution in [2.24, 2.45) is 58.5 Å². The second-order valence-electron chi connectivity index (χ2n) is 25.3. The maximum Gasteiger partial charge on any atom is 0.161 e. The summed E-state index contributed by atoms with van der Waals surface area (Å²) in [6.07, 6.45) is 11.3. The number of hydrogen-bond acceptors (Lipinski definition) is 13. The third kappa shape index (κ3) is 12.5. The van der Waals surface area contributed by atoms with Crippen molar-refractivity contribution in [3.63, 3.8) is 0 Å². The van der Waals surface area contributed by atoms with Crippen molar-refractivity contribution >= 4 is 21.6 Å². The molecule has 17 atom stereocenters. The van der Waals surface area contributed by atoms with Gasteiger partial charge in [0, 0.05) is 96.3 Å². The van der Waals surface area contributed by atoms with Gasteiger partial charge in [0.15, 0.2) is 11.5 Å². The van der Waals surface area contributed by atoms with Crippen LogP contribution >= 0.6 is 21.6 Å². The number of nitrogens with one attached hydrogen (secondary N) is 3. The lowest BCUT2D eigenvalue weighted by atomic mass is 9.50. The first-order valence-corrected chi connectivity index (χ1v) is 33.2. The van der Waals surface area contributed by atoms with Crippen molar-refractivity contribution in [3.8, 4) is 23.3 Å². The Morgan fingerprint density at radius 3 is 2.46 bits per heavy atom. The maximum atomic E-state index is 12.9. The maximum absolute atomic E-state index is 12.9. The van der Waals surface area contributed by atoms with E-state index in [9.17, 15) is 35.7 Å². The van der Waals surface area contributed by atoms with E-state index in [4.69, 9.17) is 10.5 Å². The number of H-pyrrole nitrogens is 1. The third-order valence-corrected chi connectivity index (χ3v) is 22.8. The number of dihydropyridines is 1. The van der Waals surface area contributed by atoms with Crippen molar-refractivity contribution in [3.05, 3.63) is 153 Å². The van der Waals surface area contributed by atoms with Crippen LogP contribution in [0.15, 0.2) is 120 Å². The van der Waals surface area contributed by atoms with E-state index in [1.165, 1.54) is 22.3 Å². The molecule has 1 saturated carbocycles. The molecule has 5 aliphatic carbocycles. The molecule has 12 N–H and O–H groups in total. The zero-order valence-electron chi connectivity index (χ0n) is 47.8. The van der Waals surface area contributed by atoms with Crippen LogP contribution in [0.5, 0.6) is 11.5 Å². The smallest absolute Gasteiger partial charge is 0.161 e. The molecule has 1 saturated heterocycles. The van der Waals surface area contributed by atoms with E-state index in [-0.39, 0.29) is 72.2 Å². The lowest BCUT2D eigenvalue weighted by Crippen LogP contribution is -2.52. The number of aromatic hydroxyl groups is 1. The molecule has 3 aromatic carbocycles. The van der Waals surface area contributed by atoms with Crippen LogP contribution in [0.3, 0.4) is 0 Å². The fraction of sp³-hybridized carbons (Fsp3) is 0.559. The quantitative estimate of drug-likeness (QED) is 0.0385. The first-order chi connectivity index (χ1) is 39.8. The number of benzene rings is 3. The molecule has 0 amide bonds. The van der Waals surface area contributed by atoms with Crippen molar-refractivity contribution in [2.45, 2.75) is 146 Å². The number of rotatable bonds is 11. The minimum absolute atomic E-state index is 0.00262. The lowest BCUT2D eigenvalue weighted by molar-refractivity contribution is -0.0320. The minimum atomic E-state index is -1.08. The number of aromatic amines is 1. The van der Waals surface area contributed by atoms with Gasteiger partial charge in [-0.2, -0.15) is 0 Å². The number of ether oxygens (including phenoxy) is 1. The van der Waals surface area contributed by atoms with Gasteiger partial charge in [0.25, 0.3) is 0 Å². The van der Waals surface area contributed by atoms with Gasteiger partial charge < -0.3 is 61.8 Å². The van der Waals surface area contributed by atoms with E-state index < -0.39 is 53.7 Å². The number of allylic oxidation sites excluding steroid dienone is 3. The van der Waals surface area contributed by atoms with E-state index in [0.29, 0.717) is 75.4 Å². The molecule has 0 radical (unpaired) electrons. The van der Waals surface area contributed by atoms with Crippen LogP contribution < -0.4 is 21.1 Å². The van der Waals surface area contributed by atoms with Gasteiger partial charge in [-0.05, 0) is 178 Å². The topological polar surface area (TPSA) is 217 Å². The van der Waals surface area contributed by atoms with E-state index in [0.717, 1.165) is 66.5 Å². The molecular formula is C68H88N4O8S2. The first kappa shape index (κ1) is 59.1. The highest BCUT2D eigenvalue weighted by atomic mass is 33.1. The molecule has 17 unspecified atom stereocenters. The Hall–Kier alpha value is -4.66. The van der Waals surface area contributed by atoms with Gasteiger partial charge in [0.05, 0.1) is 24.4 Å². The van der Waals surface area contributed by atoms with Crippen molar-refractivity contribution in [2.75, 3.05) is 37.8 Å². The summed E-state index contributed by atoms with van der Waals surface area (Å²) in [5.41, 5.74) is 16.4. The summed E-state index contributed by atoms with van der Waals surface area (Å²) in [4.78, 5) is 3.39. The van der Waals surface area contributed by atoms with Gasteiger partial charge in [-0.15, -0.1) is 0 Å². The number of phenols is 1. The minimum Gasteiger partial charge on any atom is -0.504 e. The second-order valence-corrected chi connectivity index (χ2v) is 27.8. The Labute approximate surface area is 493 Å². The molecule has 3 heterocycles. The van der Waals surface area contributed by atoms with Gasteiger partial charge >= 0.3 is 0 Å². The summed E-state index contributed by atoms with van der Waals surface area (Å²) in [5.74, 6) is 8.54. The number of aryl methyl sites for hydroxylation is 1. The van der Waals surface area contributed by atoms with Crippen molar-refractivity contribution in [1.29, 1.82) is 0 Å². The Morgan fingerprint density at radius 1 is 0.878 bits per heavy atom. The van der Waals surface area contributed by atoms with Crippen LogP contribution in [0.2, 0.25) is 0 Å². The Morgan fingerprint density at radius 2 is 1.70 bits per heavy atom. The largest absolute Gasteiger partial charge is 0.504 e. The highest BCUT2D eigenvalue weighted by Gasteiger charge is 2.54. The molecule has 12 nitrogen and oxygen atoms in total. The fourth-order valence-electron chi connectivity index (χ4n) is 16.2. The molecule has 1 aromatic heterocycles. The van der Waals surface area contributed by atoms with E-state index in [1.54, 1.807) is 28.5 Å². The van der Waals surface area contributed by atoms with Gasteiger partial charge in [0.1, 0.15) is 11.9 Å². The number of aliphatic hydroxyl groups is 6. The summed E-state index contributed by atoms with van der Waals surface area (Å²) in [7, 11) is 3.25. The molecule has 1 spiro atoms. The molecule has 440 valence electrons. The highest BCUT2D eigenvalue weighted by Crippen LogP contribution is 2.59. The Kier molecular flexibility index (Phi) is 19.0. The number of aliphatic hydroxyl groups excluding tert-OH is 6. The number of aromatic nitrogens is 1. The predicted octanol–water partition coefficient (Wildman–Crippen LogP) is 8.85. The van der Waals surface area contributed by atoms with E-state index >= 15 is 0 Å².